The first-order valence-corrected chi connectivity index (χ1v) is 5.37. The highest BCUT2D eigenvalue weighted by atomic mass is 19.1. The molecule has 1 aromatic rings. The Morgan fingerprint density at radius 3 is 2.47 bits per heavy atom. The first kappa shape index (κ1) is 13.8. The molecule has 2 nitrogen and oxygen atoms in total. The molecule has 0 saturated carbocycles. The van der Waals surface area contributed by atoms with Crippen LogP contribution < -0.4 is 0 Å². The highest BCUT2D eigenvalue weighted by molar-refractivity contribution is 5.82. The van der Waals surface area contributed by atoms with E-state index in [0.29, 0.717) is 0 Å². The fraction of sp³-hybridized carbons (Fsp3) is 0.462. The van der Waals surface area contributed by atoms with Crippen molar-refractivity contribution in [3.8, 4) is 0 Å². The molecule has 0 heterocycles. The Morgan fingerprint density at radius 1 is 1.29 bits per heavy atom. The maximum Gasteiger partial charge on any atom is 0.162 e. The third-order valence-electron chi connectivity index (χ3n) is 2.07. The number of ether oxygens (including phenoxy) is 1. The van der Waals surface area contributed by atoms with Crippen LogP contribution in [-0.2, 0) is 16.0 Å². The van der Waals surface area contributed by atoms with Crippen LogP contribution in [0.4, 0.5) is 8.78 Å². The number of carbonyl (C=O) groups is 1. The average molecular weight is 242 g/mol. The topological polar surface area (TPSA) is 26.3 Å². The van der Waals surface area contributed by atoms with Crippen molar-refractivity contribution in [2.45, 2.75) is 32.8 Å². The van der Waals surface area contributed by atoms with Crippen molar-refractivity contribution in [1.82, 2.24) is 0 Å². The number of ketones is 1. The standard InChI is InChI=1S/C13H16F2O2/c1-13(2,3)17-8-11(16)6-9-4-5-10(14)7-12(9)15/h4-5,7H,6,8H2,1-3H3. The van der Waals surface area contributed by atoms with E-state index >= 15 is 0 Å². The van der Waals surface area contributed by atoms with Crippen LogP contribution in [-0.4, -0.2) is 18.0 Å². The third kappa shape index (κ3) is 5.04. The van der Waals surface area contributed by atoms with Crippen LogP contribution in [0.15, 0.2) is 18.2 Å². The molecule has 0 aliphatic heterocycles. The Balaban J connectivity index is 2.57. The van der Waals surface area contributed by atoms with E-state index in [0.717, 1.165) is 12.1 Å². The van der Waals surface area contributed by atoms with Gasteiger partial charge in [0.25, 0.3) is 0 Å². The van der Waals surface area contributed by atoms with Crippen molar-refractivity contribution in [2.24, 2.45) is 0 Å². The average Bonchev–Trinajstić information content (AvgIpc) is 2.18. The molecule has 94 valence electrons. The van der Waals surface area contributed by atoms with Crippen LogP contribution in [0.3, 0.4) is 0 Å². The zero-order valence-electron chi connectivity index (χ0n) is 10.2. The van der Waals surface area contributed by atoms with Gasteiger partial charge in [0.05, 0.1) is 5.60 Å². The van der Waals surface area contributed by atoms with E-state index in [9.17, 15) is 13.6 Å². The number of rotatable bonds is 4. The lowest BCUT2D eigenvalue weighted by molar-refractivity contribution is -0.127. The Labute approximate surface area is 99.6 Å². The maximum atomic E-state index is 13.3. The van der Waals surface area contributed by atoms with Crippen LogP contribution in [0, 0.1) is 11.6 Å². The predicted octanol–water partition coefficient (Wildman–Crippen LogP) is 2.89. The van der Waals surface area contributed by atoms with E-state index in [1.807, 2.05) is 20.8 Å². The summed E-state index contributed by atoms with van der Waals surface area (Å²) >= 11 is 0. The largest absolute Gasteiger partial charge is 0.368 e. The number of Topliss-reactive ketones (excluding diaryl/α,β-unsaturated/α-hetero) is 1. The molecule has 0 saturated heterocycles. The summed E-state index contributed by atoms with van der Waals surface area (Å²) in [4.78, 5) is 11.5. The highest BCUT2D eigenvalue weighted by Crippen LogP contribution is 2.12. The van der Waals surface area contributed by atoms with Crippen LogP contribution >= 0.6 is 0 Å². The summed E-state index contributed by atoms with van der Waals surface area (Å²) in [6, 6.07) is 3.18. The minimum absolute atomic E-state index is 0.0691. The van der Waals surface area contributed by atoms with Gasteiger partial charge in [0.1, 0.15) is 18.2 Å². The molecule has 0 N–H and O–H groups in total. The first-order chi connectivity index (χ1) is 7.78. The summed E-state index contributed by atoms with van der Waals surface area (Å²) in [6.45, 7) is 5.43. The molecule has 17 heavy (non-hydrogen) atoms. The molecular weight excluding hydrogens is 226 g/mol. The van der Waals surface area contributed by atoms with E-state index in [1.54, 1.807) is 0 Å². The smallest absolute Gasteiger partial charge is 0.162 e. The number of hydrogen-bond acceptors (Lipinski definition) is 2. The lowest BCUT2D eigenvalue weighted by Gasteiger charge is -2.18. The lowest BCUT2D eigenvalue weighted by atomic mass is 10.1. The summed E-state index contributed by atoms with van der Waals surface area (Å²) in [6.07, 6.45) is -0.0812. The number of halogens is 2. The van der Waals surface area contributed by atoms with Crippen molar-refractivity contribution >= 4 is 5.78 Å². The molecule has 0 amide bonds. The Bertz CT molecular complexity index is 408. The minimum atomic E-state index is -0.700. The van der Waals surface area contributed by atoms with Crippen LogP contribution in [0.2, 0.25) is 0 Å². The van der Waals surface area contributed by atoms with Gasteiger partial charge in [0.2, 0.25) is 0 Å². The van der Waals surface area contributed by atoms with E-state index in [-0.39, 0.29) is 24.4 Å². The summed E-state index contributed by atoms with van der Waals surface area (Å²) < 4.78 is 31.2. The molecule has 0 fully saturated rings. The molecule has 0 aliphatic rings. The molecule has 0 aromatic heterocycles. The Kier molecular flexibility index (Phi) is 4.34. The van der Waals surface area contributed by atoms with Crippen molar-refractivity contribution in [1.29, 1.82) is 0 Å². The molecule has 0 radical (unpaired) electrons. The summed E-state index contributed by atoms with van der Waals surface area (Å²) in [5.74, 6) is -1.58. The number of hydrogen-bond donors (Lipinski definition) is 0. The Hall–Kier alpha value is -1.29. The molecule has 0 unspecified atom stereocenters. The van der Waals surface area contributed by atoms with E-state index in [4.69, 9.17) is 4.74 Å². The first-order valence-electron chi connectivity index (χ1n) is 5.37. The summed E-state index contributed by atoms with van der Waals surface area (Å²) in [7, 11) is 0. The molecule has 0 spiro atoms. The second-order valence-corrected chi connectivity index (χ2v) is 4.85. The van der Waals surface area contributed by atoms with Gasteiger partial charge in [-0.05, 0) is 32.4 Å². The van der Waals surface area contributed by atoms with Crippen molar-refractivity contribution in [3.05, 3.63) is 35.4 Å². The lowest BCUT2D eigenvalue weighted by Crippen LogP contribution is -2.24. The molecule has 0 aliphatic carbocycles. The number of benzene rings is 1. The zero-order chi connectivity index (χ0) is 13.1. The molecular formula is C13H16F2O2. The Morgan fingerprint density at radius 2 is 1.94 bits per heavy atom. The van der Waals surface area contributed by atoms with Gasteiger partial charge in [-0.15, -0.1) is 0 Å². The van der Waals surface area contributed by atoms with Crippen LogP contribution in [0.5, 0.6) is 0 Å². The fourth-order valence-corrected chi connectivity index (χ4v) is 1.23. The van der Waals surface area contributed by atoms with Crippen molar-refractivity contribution < 1.29 is 18.3 Å². The van der Waals surface area contributed by atoms with Gasteiger partial charge in [-0.1, -0.05) is 6.07 Å². The molecule has 0 atom stereocenters. The molecule has 1 aromatic carbocycles. The minimum Gasteiger partial charge on any atom is -0.368 e. The van der Waals surface area contributed by atoms with Gasteiger partial charge >= 0.3 is 0 Å². The fourth-order valence-electron chi connectivity index (χ4n) is 1.23. The van der Waals surface area contributed by atoms with E-state index < -0.39 is 17.2 Å². The second kappa shape index (κ2) is 5.36. The monoisotopic (exact) mass is 242 g/mol. The zero-order valence-corrected chi connectivity index (χ0v) is 10.2. The van der Waals surface area contributed by atoms with Gasteiger partial charge in [-0.2, -0.15) is 0 Å². The van der Waals surface area contributed by atoms with Gasteiger partial charge in [-0.25, -0.2) is 8.78 Å². The quantitative estimate of drug-likeness (QED) is 0.811. The predicted molar refractivity (Wildman–Crippen MR) is 60.8 cm³/mol. The van der Waals surface area contributed by atoms with Crippen LogP contribution in [0.1, 0.15) is 26.3 Å². The molecule has 0 bridgehead atoms. The van der Waals surface area contributed by atoms with Gasteiger partial charge in [0.15, 0.2) is 5.78 Å². The van der Waals surface area contributed by atoms with Gasteiger partial charge in [0, 0.05) is 12.5 Å². The second-order valence-electron chi connectivity index (χ2n) is 4.85. The number of carbonyl (C=O) groups excluding carboxylic acids is 1. The van der Waals surface area contributed by atoms with Crippen LogP contribution in [0.25, 0.3) is 0 Å². The van der Waals surface area contributed by atoms with Crippen molar-refractivity contribution in [2.75, 3.05) is 6.61 Å². The van der Waals surface area contributed by atoms with E-state index in [2.05, 4.69) is 0 Å². The highest BCUT2D eigenvalue weighted by Gasteiger charge is 2.14. The van der Waals surface area contributed by atoms with Gasteiger partial charge in [-0.3, -0.25) is 4.79 Å². The van der Waals surface area contributed by atoms with Gasteiger partial charge < -0.3 is 4.74 Å². The molecule has 1 rings (SSSR count). The maximum absolute atomic E-state index is 13.3. The van der Waals surface area contributed by atoms with Crippen molar-refractivity contribution in [3.63, 3.8) is 0 Å². The SMILES string of the molecule is CC(C)(C)OCC(=O)Cc1ccc(F)cc1F. The summed E-state index contributed by atoms with van der Waals surface area (Å²) in [5, 5.41) is 0. The molecule has 4 heteroatoms. The van der Waals surface area contributed by atoms with E-state index in [1.165, 1.54) is 6.07 Å². The normalized spacial score (nSPS) is 11.6. The summed E-state index contributed by atoms with van der Waals surface area (Å²) in [5.41, 5.74) is -0.217. The third-order valence-corrected chi connectivity index (χ3v) is 2.07.